The average Bonchev–Trinajstić information content (AvgIpc) is 3.38. The molecule has 194 valence electrons. The van der Waals surface area contributed by atoms with Crippen LogP contribution in [0.25, 0.3) is 17.0 Å². The van der Waals surface area contributed by atoms with Gasteiger partial charge in [-0.2, -0.15) is 0 Å². The molecule has 1 fully saturated rings. The summed E-state index contributed by atoms with van der Waals surface area (Å²) in [5.41, 5.74) is 0.851. The summed E-state index contributed by atoms with van der Waals surface area (Å²) in [5, 5.41) is 9.90. The van der Waals surface area contributed by atoms with Crippen LogP contribution in [-0.2, 0) is 16.1 Å². The van der Waals surface area contributed by atoms with E-state index in [2.05, 4.69) is 16.0 Å². The lowest BCUT2D eigenvalue weighted by molar-refractivity contribution is -0.131. The van der Waals surface area contributed by atoms with E-state index >= 15 is 0 Å². The molecule has 1 N–H and O–H groups in total. The van der Waals surface area contributed by atoms with Gasteiger partial charge in [-0.1, -0.05) is 18.2 Å². The zero-order valence-electron chi connectivity index (χ0n) is 20.4. The number of amides is 1. The van der Waals surface area contributed by atoms with Crippen LogP contribution in [0.4, 0.5) is 10.6 Å². The van der Waals surface area contributed by atoms with E-state index in [0.29, 0.717) is 24.5 Å². The molecule has 36 heavy (non-hydrogen) atoms. The molecule has 1 amide bonds. The van der Waals surface area contributed by atoms with Crippen molar-refractivity contribution in [2.24, 2.45) is 0 Å². The van der Waals surface area contributed by atoms with Gasteiger partial charge in [-0.25, -0.2) is 14.6 Å². The molecule has 1 atom stereocenters. The predicted molar refractivity (Wildman–Crippen MR) is 144 cm³/mol. The zero-order chi connectivity index (χ0) is 24.3. The number of carbonyl (C=O) groups excluding carboxylic acids is 1. The van der Waals surface area contributed by atoms with Crippen molar-refractivity contribution in [3.63, 3.8) is 0 Å². The van der Waals surface area contributed by atoms with Crippen LogP contribution >= 0.6 is 24.8 Å². The number of hydrogen-bond acceptors (Lipinski definition) is 6. The van der Waals surface area contributed by atoms with E-state index in [4.69, 9.17) is 14.3 Å². The topological polar surface area (TPSA) is 96.1 Å². The molecule has 0 saturated carbocycles. The minimum atomic E-state index is -1.03. The van der Waals surface area contributed by atoms with Gasteiger partial charge in [-0.3, -0.25) is 9.80 Å². The second-order valence-corrected chi connectivity index (χ2v) is 9.40. The second kappa shape index (κ2) is 12.3. The van der Waals surface area contributed by atoms with Crippen molar-refractivity contribution in [2.75, 3.05) is 18.0 Å². The Balaban J connectivity index is 0.00000228. The number of rotatable bonds is 6. The molecule has 0 bridgehead atoms. The van der Waals surface area contributed by atoms with Crippen LogP contribution in [0.15, 0.2) is 59.2 Å². The normalized spacial score (nSPS) is 15.9. The predicted octanol–water partition coefficient (Wildman–Crippen LogP) is 5.79. The quantitative estimate of drug-likeness (QED) is 0.399. The van der Waals surface area contributed by atoms with Crippen LogP contribution in [0.1, 0.15) is 38.5 Å². The number of fused-ring (bicyclic) bond motifs is 1. The molecule has 3 aromatic rings. The van der Waals surface area contributed by atoms with Crippen molar-refractivity contribution < 1.29 is 23.8 Å². The number of benzene rings is 1. The third-order valence-corrected chi connectivity index (χ3v) is 5.49. The van der Waals surface area contributed by atoms with Crippen LogP contribution in [0.5, 0.6) is 0 Å². The monoisotopic (exact) mass is 535 g/mol. The summed E-state index contributed by atoms with van der Waals surface area (Å²) in [6, 6.07) is 13.3. The highest BCUT2D eigenvalue weighted by Gasteiger charge is 2.35. The molecule has 2 aromatic heterocycles. The maximum atomic E-state index is 13.2. The van der Waals surface area contributed by atoms with Gasteiger partial charge in [-0.15, -0.1) is 24.8 Å². The molecule has 1 saturated heterocycles. The zero-order valence-corrected chi connectivity index (χ0v) is 22.1. The van der Waals surface area contributed by atoms with Crippen molar-refractivity contribution in [3.05, 3.63) is 66.1 Å². The molecule has 3 heterocycles. The first-order valence-corrected chi connectivity index (χ1v) is 11.3. The maximum absolute atomic E-state index is 13.2. The minimum Gasteiger partial charge on any atom is -0.478 e. The largest absolute Gasteiger partial charge is 0.478 e. The smallest absolute Gasteiger partial charge is 0.416 e. The van der Waals surface area contributed by atoms with E-state index in [9.17, 15) is 9.59 Å². The Hall–Kier alpha value is -3.07. The van der Waals surface area contributed by atoms with E-state index < -0.39 is 17.7 Å². The summed E-state index contributed by atoms with van der Waals surface area (Å²) < 4.78 is 11.7. The molecule has 1 aliphatic heterocycles. The molecule has 10 heteroatoms. The van der Waals surface area contributed by atoms with Gasteiger partial charge in [0, 0.05) is 30.7 Å². The van der Waals surface area contributed by atoms with E-state index in [1.807, 2.05) is 45.0 Å². The van der Waals surface area contributed by atoms with Gasteiger partial charge in [0.2, 0.25) is 0 Å². The van der Waals surface area contributed by atoms with Crippen molar-refractivity contribution in [2.45, 2.75) is 45.4 Å². The molecular formula is C26H31Cl2N3O5. The maximum Gasteiger partial charge on any atom is 0.416 e. The molecule has 0 radical (unpaired) electrons. The Bertz CT molecular complexity index is 1170. The fraction of sp³-hybridized carbons (Fsp3) is 0.346. The summed E-state index contributed by atoms with van der Waals surface area (Å²) in [7, 11) is 0. The Morgan fingerprint density at radius 1 is 1.22 bits per heavy atom. The number of aromatic nitrogens is 1. The van der Waals surface area contributed by atoms with Crippen molar-refractivity contribution in [3.8, 4) is 0 Å². The third kappa shape index (κ3) is 7.46. The number of carboxylic acid groups (broad SMARTS) is 1. The van der Waals surface area contributed by atoms with E-state index in [0.717, 1.165) is 35.8 Å². The van der Waals surface area contributed by atoms with E-state index in [1.54, 1.807) is 23.2 Å². The van der Waals surface area contributed by atoms with Crippen LogP contribution in [0.3, 0.4) is 0 Å². The standard InChI is InChI=1S/C26H29N3O5.2ClH/c1-26(2,3)34-25(32)29(23-10-8-18(15-27-23)9-11-24(30)31)20-12-13-28(16-20)17-21-14-19-6-4-5-7-22(19)33-21;;/h4-11,14-15,20H,12-13,16-17H2,1-3H3,(H,30,31);2*1H/b11-9+;;/t20-;;/m1../s1. The van der Waals surface area contributed by atoms with Crippen LogP contribution < -0.4 is 4.90 Å². The number of furan rings is 1. The minimum absolute atomic E-state index is 0. The van der Waals surface area contributed by atoms with Crippen molar-refractivity contribution in [1.29, 1.82) is 0 Å². The highest BCUT2D eigenvalue weighted by molar-refractivity contribution is 5.88. The van der Waals surface area contributed by atoms with E-state index in [-0.39, 0.29) is 30.9 Å². The number of carbonyl (C=O) groups is 2. The average molecular weight is 536 g/mol. The lowest BCUT2D eigenvalue weighted by Gasteiger charge is -2.31. The number of likely N-dealkylation sites (tertiary alicyclic amines) is 1. The van der Waals surface area contributed by atoms with Crippen molar-refractivity contribution >= 4 is 59.7 Å². The van der Waals surface area contributed by atoms with Gasteiger partial charge in [-0.05, 0) is 63.1 Å². The van der Waals surface area contributed by atoms with Gasteiger partial charge in [0.15, 0.2) is 0 Å². The lowest BCUT2D eigenvalue weighted by Crippen LogP contribution is -2.45. The highest BCUT2D eigenvalue weighted by atomic mass is 35.5. The Labute approximate surface area is 222 Å². The van der Waals surface area contributed by atoms with Gasteiger partial charge in [0.25, 0.3) is 0 Å². The molecule has 0 aliphatic carbocycles. The summed E-state index contributed by atoms with van der Waals surface area (Å²) in [5.74, 6) is 0.325. The summed E-state index contributed by atoms with van der Waals surface area (Å²) in [6.07, 6.45) is 4.37. The first-order chi connectivity index (χ1) is 16.2. The van der Waals surface area contributed by atoms with Gasteiger partial charge in [0.05, 0.1) is 12.6 Å². The van der Waals surface area contributed by atoms with Gasteiger partial charge >= 0.3 is 12.1 Å². The number of carboxylic acids is 1. The van der Waals surface area contributed by atoms with Crippen LogP contribution in [0.2, 0.25) is 0 Å². The molecule has 1 aromatic carbocycles. The van der Waals surface area contributed by atoms with Crippen LogP contribution in [-0.4, -0.2) is 51.8 Å². The number of hydrogen-bond donors (Lipinski definition) is 1. The number of halogens is 2. The SMILES string of the molecule is CC(C)(C)OC(=O)N(c1ccc(/C=C/C(=O)O)cn1)[C@@H]1CCN(Cc2cc3ccccc3o2)C1.Cl.Cl. The van der Waals surface area contributed by atoms with Gasteiger partial charge in [0.1, 0.15) is 22.8 Å². The number of ether oxygens (including phenoxy) is 1. The van der Waals surface area contributed by atoms with Gasteiger partial charge < -0.3 is 14.3 Å². The fourth-order valence-electron chi connectivity index (χ4n) is 4.05. The fourth-order valence-corrected chi connectivity index (χ4v) is 4.05. The summed E-state index contributed by atoms with van der Waals surface area (Å²) in [6.45, 7) is 7.61. The highest BCUT2D eigenvalue weighted by Crippen LogP contribution is 2.27. The summed E-state index contributed by atoms with van der Waals surface area (Å²) in [4.78, 5) is 32.2. The Kier molecular flexibility index (Phi) is 9.93. The lowest BCUT2D eigenvalue weighted by atomic mass is 10.2. The number of aliphatic carboxylic acids is 1. The molecule has 0 spiro atoms. The summed E-state index contributed by atoms with van der Waals surface area (Å²) >= 11 is 0. The number of nitrogens with zero attached hydrogens (tertiary/aromatic N) is 3. The van der Waals surface area contributed by atoms with Crippen LogP contribution in [0, 0.1) is 0 Å². The Morgan fingerprint density at radius 2 is 1.97 bits per heavy atom. The number of para-hydroxylation sites is 1. The van der Waals surface area contributed by atoms with Crippen molar-refractivity contribution in [1.82, 2.24) is 9.88 Å². The first-order valence-electron chi connectivity index (χ1n) is 11.3. The molecular weight excluding hydrogens is 505 g/mol. The molecule has 8 nitrogen and oxygen atoms in total. The third-order valence-electron chi connectivity index (χ3n) is 5.49. The second-order valence-electron chi connectivity index (χ2n) is 9.40. The van der Waals surface area contributed by atoms with E-state index in [1.165, 1.54) is 6.08 Å². The number of anilines is 1. The molecule has 1 aliphatic rings. The molecule has 4 rings (SSSR count). The Morgan fingerprint density at radius 3 is 2.61 bits per heavy atom. The molecule has 0 unspecified atom stereocenters. The first kappa shape index (κ1) is 29.2. The number of pyridine rings is 1.